The van der Waals surface area contributed by atoms with Gasteiger partial charge in [-0.15, -0.1) is 0 Å². The molecule has 2 aromatic heterocycles. The Bertz CT molecular complexity index is 568. The summed E-state index contributed by atoms with van der Waals surface area (Å²) >= 11 is 0. The Labute approximate surface area is 104 Å². The Balaban J connectivity index is 2.42. The fourth-order valence-corrected chi connectivity index (χ4v) is 1.62. The zero-order valence-electron chi connectivity index (χ0n) is 10.4. The summed E-state index contributed by atoms with van der Waals surface area (Å²) in [7, 11) is 0. The maximum absolute atomic E-state index is 11.1. The van der Waals surface area contributed by atoms with Crippen molar-refractivity contribution in [2.45, 2.75) is 27.2 Å². The van der Waals surface area contributed by atoms with Crippen LogP contribution < -0.4 is 0 Å². The molecule has 0 bridgehead atoms. The fourth-order valence-electron chi connectivity index (χ4n) is 1.62. The van der Waals surface area contributed by atoms with E-state index in [0.717, 1.165) is 0 Å². The number of aryl methyl sites for hydroxylation is 1. The van der Waals surface area contributed by atoms with Crippen molar-refractivity contribution in [3.8, 4) is 11.6 Å². The van der Waals surface area contributed by atoms with E-state index in [1.807, 2.05) is 13.8 Å². The summed E-state index contributed by atoms with van der Waals surface area (Å²) in [6.45, 7) is 5.72. The van der Waals surface area contributed by atoms with E-state index in [4.69, 9.17) is 14.0 Å². The highest BCUT2D eigenvalue weighted by Crippen LogP contribution is 2.23. The second-order valence-corrected chi connectivity index (χ2v) is 4.52. The van der Waals surface area contributed by atoms with Crippen LogP contribution in [0.2, 0.25) is 0 Å². The molecule has 18 heavy (non-hydrogen) atoms. The lowest BCUT2D eigenvalue weighted by Gasteiger charge is -1.99. The first kappa shape index (κ1) is 12.3. The summed E-state index contributed by atoms with van der Waals surface area (Å²) in [6, 6.07) is 1.65. The van der Waals surface area contributed by atoms with Gasteiger partial charge in [-0.3, -0.25) is 0 Å². The number of carboxylic acids is 1. The van der Waals surface area contributed by atoms with Crippen molar-refractivity contribution in [1.29, 1.82) is 0 Å². The molecule has 0 saturated heterocycles. The Kier molecular flexibility index (Phi) is 3.18. The molecule has 0 atom stereocenters. The van der Waals surface area contributed by atoms with Crippen LogP contribution >= 0.6 is 0 Å². The Morgan fingerprint density at radius 3 is 2.72 bits per heavy atom. The summed E-state index contributed by atoms with van der Waals surface area (Å²) in [5, 5.41) is 12.8. The summed E-state index contributed by atoms with van der Waals surface area (Å²) in [5.41, 5.74) is 0.846. The molecule has 0 aliphatic carbocycles. The summed E-state index contributed by atoms with van der Waals surface area (Å²) in [4.78, 5) is 15.3. The van der Waals surface area contributed by atoms with E-state index in [1.54, 1.807) is 13.0 Å². The number of aromatic nitrogens is 2. The molecule has 0 spiro atoms. The monoisotopic (exact) mass is 250 g/mol. The van der Waals surface area contributed by atoms with E-state index in [9.17, 15) is 4.79 Å². The van der Waals surface area contributed by atoms with Crippen molar-refractivity contribution < 1.29 is 18.8 Å². The molecule has 0 aliphatic heterocycles. The van der Waals surface area contributed by atoms with Crippen LogP contribution in [0.15, 0.2) is 15.0 Å². The average molecular weight is 250 g/mol. The number of carboxylic acid groups (broad SMARTS) is 1. The smallest absolute Gasteiger partial charge is 0.373 e. The standard InChI is InChI=1S/C12H14N2O4/c1-6(2)4-8-10(12(15)16)17-11(13-8)9-5-7(3)18-14-9/h5-6H,4H2,1-3H3,(H,15,16). The van der Waals surface area contributed by atoms with Crippen molar-refractivity contribution in [1.82, 2.24) is 10.1 Å². The molecule has 0 unspecified atom stereocenters. The van der Waals surface area contributed by atoms with Crippen molar-refractivity contribution in [3.05, 3.63) is 23.3 Å². The van der Waals surface area contributed by atoms with Crippen molar-refractivity contribution in [2.24, 2.45) is 5.92 Å². The van der Waals surface area contributed by atoms with Crippen molar-refractivity contribution in [3.63, 3.8) is 0 Å². The molecule has 6 heteroatoms. The van der Waals surface area contributed by atoms with Gasteiger partial charge in [-0.2, -0.15) is 0 Å². The van der Waals surface area contributed by atoms with Gasteiger partial charge < -0.3 is 14.0 Å². The first-order valence-corrected chi connectivity index (χ1v) is 5.64. The summed E-state index contributed by atoms with van der Waals surface area (Å²) in [6.07, 6.45) is 0.544. The second-order valence-electron chi connectivity index (χ2n) is 4.52. The highest BCUT2D eigenvalue weighted by atomic mass is 16.5. The zero-order chi connectivity index (χ0) is 13.3. The molecular weight excluding hydrogens is 236 g/mol. The van der Waals surface area contributed by atoms with E-state index in [1.165, 1.54) is 0 Å². The van der Waals surface area contributed by atoms with Gasteiger partial charge >= 0.3 is 5.97 Å². The van der Waals surface area contributed by atoms with E-state index in [-0.39, 0.29) is 11.7 Å². The van der Waals surface area contributed by atoms with Crippen LogP contribution in [0.3, 0.4) is 0 Å². The normalized spacial score (nSPS) is 11.1. The lowest BCUT2D eigenvalue weighted by atomic mass is 10.1. The van der Waals surface area contributed by atoms with Crippen molar-refractivity contribution >= 4 is 5.97 Å². The second kappa shape index (κ2) is 4.64. The van der Waals surface area contributed by atoms with Crippen LogP contribution in [-0.4, -0.2) is 21.2 Å². The number of aromatic carboxylic acids is 1. The molecule has 0 radical (unpaired) electrons. The number of hydrogen-bond donors (Lipinski definition) is 1. The van der Waals surface area contributed by atoms with Gasteiger partial charge in [0.1, 0.15) is 5.76 Å². The van der Waals surface area contributed by atoms with Gasteiger partial charge in [0.2, 0.25) is 11.7 Å². The largest absolute Gasteiger partial charge is 0.475 e. The van der Waals surface area contributed by atoms with Gasteiger partial charge in [-0.1, -0.05) is 19.0 Å². The third kappa shape index (κ3) is 2.42. The van der Waals surface area contributed by atoms with Crippen LogP contribution in [0, 0.1) is 12.8 Å². The molecule has 0 fully saturated rings. The van der Waals surface area contributed by atoms with Gasteiger partial charge in [0.25, 0.3) is 0 Å². The lowest BCUT2D eigenvalue weighted by molar-refractivity contribution is 0.0661. The first-order chi connectivity index (χ1) is 8.47. The predicted molar refractivity (Wildman–Crippen MR) is 62.2 cm³/mol. The molecule has 2 heterocycles. The quantitative estimate of drug-likeness (QED) is 0.896. The van der Waals surface area contributed by atoms with E-state index in [2.05, 4.69) is 10.1 Å². The van der Waals surface area contributed by atoms with Crippen LogP contribution in [-0.2, 0) is 6.42 Å². The van der Waals surface area contributed by atoms with Gasteiger partial charge in [0.05, 0.1) is 5.69 Å². The minimum Gasteiger partial charge on any atom is -0.475 e. The van der Waals surface area contributed by atoms with E-state index in [0.29, 0.717) is 29.5 Å². The number of carbonyl (C=O) groups is 1. The molecule has 1 N–H and O–H groups in total. The Hall–Kier alpha value is -2.11. The van der Waals surface area contributed by atoms with Crippen LogP contribution in [0.1, 0.15) is 35.9 Å². The van der Waals surface area contributed by atoms with Gasteiger partial charge in [-0.05, 0) is 19.3 Å². The molecule has 2 aromatic rings. The lowest BCUT2D eigenvalue weighted by Crippen LogP contribution is -2.03. The van der Waals surface area contributed by atoms with Crippen LogP contribution in [0.5, 0.6) is 0 Å². The maximum atomic E-state index is 11.1. The predicted octanol–water partition coefficient (Wildman–Crippen LogP) is 2.53. The third-order valence-electron chi connectivity index (χ3n) is 2.34. The number of hydrogen-bond acceptors (Lipinski definition) is 5. The van der Waals surface area contributed by atoms with E-state index < -0.39 is 5.97 Å². The fraction of sp³-hybridized carbons (Fsp3) is 0.417. The van der Waals surface area contributed by atoms with E-state index >= 15 is 0 Å². The molecule has 0 saturated carbocycles. The molecule has 96 valence electrons. The summed E-state index contributed by atoms with van der Waals surface area (Å²) < 4.78 is 10.2. The average Bonchev–Trinajstić information content (AvgIpc) is 2.83. The Morgan fingerprint density at radius 1 is 1.50 bits per heavy atom. The number of rotatable bonds is 4. The maximum Gasteiger partial charge on any atom is 0.373 e. The van der Waals surface area contributed by atoms with Gasteiger partial charge in [0.15, 0.2) is 5.69 Å². The third-order valence-corrected chi connectivity index (χ3v) is 2.34. The highest BCUT2D eigenvalue weighted by Gasteiger charge is 2.22. The zero-order valence-corrected chi connectivity index (χ0v) is 10.4. The van der Waals surface area contributed by atoms with Gasteiger partial charge in [-0.25, -0.2) is 9.78 Å². The van der Waals surface area contributed by atoms with Gasteiger partial charge in [0, 0.05) is 6.07 Å². The minimum absolute atomic E-state index is 0.126. The van der Waals surface area contributed by atoms with Crippen molar-refractivity contribution in [2.75, 3.05) is 0 Å². The topological polar surface area (TPSA) is 89.4 Å². The number of nitrogens with zero attached hydrogens (tertiary/aromatic N) is 2. The van der Waals surface area contributed by atoms with Crippen LogP contribution in [0.25, 0.3) is 11.6 Å². The SMILES string of the molecule is Cc1cc(-c2nc(CC(C)C)c(C(=O)O)o2)no1. The molecular formula is C12H14N2O4. The molecule has 0 aromatic carbocycles. The minimum atomic E-state index is -1.12. The number of oxazole rings is 1. The Morgan fingerprint density at radius 2 is 2.22 bits per heavy atom. The first-order valence-electron chi connectivity index (χ1n) is 5.64. The highest BCUT2D eigenvalue weighted by molar-refractivity contribution is 5.86. The van der Waals surface area contributed by atoms with Crippen LogP contribution in [0.4, 0.5) is 0 Å². The molecule has 0 amide bonds. The molecule has 6 nitrogen and oxygen atoms in total. The molecule has 2 rings (SSSR count). The molecule has 0 aliphatic rings. The summed E-state index contributed by atoms with van der Waals surface area (Å²) in [5.74, 6) is -0.158.